The van der Waals surface area contributed by atoms with Crippen molar-refractivity contribution in [3.63, 3.8) is 0 Å². The van der Waals surface area contributed by atoms with Crippen LogP contribution in [0.2, 0.25) is 0 Å². The molecule has 0 aliphatic carbocycles. The van der Waals surface area contributed by atoms with Crippen molar-refractivity contribution >= 4 is 17.2 Å². The first-order valence-electron chi connectivity index (χ1n) is 6.12. The minimum Gasteiger partial charge on any atom is -0.457 e. The van der Waals surface area contributed by atoms with E-state index >= 15 is 0 Å². The number of aryl methyl sites for hydroxylation is 3. The van der Waals surface area contributed by atoms with Crippen molar-refractivity contribution in [3.8, 4) is 11.5 Å². The first kappa shape index (κ1) is 13.6. The van der Waals surface area contributed by atoms with E-state index in [0.29, 0.717) is 10.7 Å². The second-order valence-electron chi connectivity index (χ2n) is 4.79. The van der Waals surface area contributed by atoms with Gasteiger partial charge in [-0.3, -0.25) is 0 Å². The molecule has 2 aromatic carbocycles. The Morgan fingerprint density at radius 2 is 1.58 bits per heavy atom. The maximum atomic E-state index is 5.95. The van der Waals surface area contributed by atoms with Crippen LogP contribution in [0.25, 0.3) is 0 Å². The van der Waals surface area contributed by atoms with E-state index in [4.69, 9.17) is 22.7 Å². The van der Waals surface area contributed by atoms with Crippen molar-refractivity contribution < 1.29 is 4.74 Å². The fourth-order valence-corrected chi connectivity index (χ4v) is 2.20. The predicted molar refractivity (Wildman–Crippen MR) is 83.1 cm³/mol. The molecule has 0 fully saturated rings. The molecule has 0 aromatic heterocycles. The van der Waals surface area contributed by atoms with Crippen molar-refractivity contribution in [2.45, 2.75) is 20.8 Å². The Morgan fingerprint density at radius 3 is 2.16 bits per heavy atom. The lowest BCUT2D eigenvalue weighted by Crippen LogP contribution is -2.10. The molecule has 2 rings (SSSR count). The molecular formula is C16H17NOS. The first-order valence-corrected chi connectivity index (χ1v) is 6.53. The molecule has 0 atom stereocenters. The van der Waals surface area contributed by atoms with E-state index in [1.54, 1.807) is 0 Å². The standard InChI is InChI=1S/C16H17NOS/c1-10-4-5-14(16(17)19)15(9-10)18-13-7-11(2)6-12(3)8-13/h4-9H,1-3H3,(H2,17,19). The zero-order chi connectivity index (χ0) is 14.0. The molecule has 0 heterocycles. The van der Waals surface area contributed by atoms with Gasteiger partial charge in [0.1, 0.15) is 16.5 Å². The van der Waals surface area contributed by atoms with E-state index in [1.165, 1.54) is 11.1 Å². The molecule has 0 bridgehead atoms. The third-order valence-corrected chi connectivity index (χ3v) is 3.05. The quantitative estimate of drug-likeness (QED) is 0.856. The second kappa shape index (κ2) is 5.41. The molecule has 0 saturated carbocycles. The van der Waals surface area contributed by atoms with Crippen LogP contribution in [-0.2, 0) is 0 Å². The number of ether oxygens (including phenoxy) is 1. The molecule has 98 valence electrons. The van der Waals surface area contributed by atoms with E-state index in [-0.39, 0.29) is 0 Å². The normalized spacial score (nSPS) is 10.3. The Balaban J connectivity index is 2.42. The molecule has 19 heavy (non-hydrogen) atoms. The third-order valence-electron chi connectivity index (χ3n) is 2.83. The molecular weight excluding hydrogens is 254 g/mol. The van der Waals surface area contributed by atoms with Crippen LogP contribution < -0.4 is 10.5 Å². The Bertz CT molecular complexity index is 614. The van der Waals surface area contributed by atoms with Crippen molar-refractivity contribution in [1.29, 1.82) is 0 Å². The zero-order valence-corrected chi connectivity index (χ0v) is 12.2. The summed E-state index contributed by atoms with van der Waals surface area (Å²) < 4.78 is 5.95. The van der Waals surface area contributed by atoms with Gasteiger partial charge in [-0.25, -0.2) is 0 Å². The summed E-state index contributed by atoms with van der Waals surface area (Å²) >= 11 is 5.06. The van der Waals surface area contributed by atoms with Crippen LogP contribution >= 0.6 is 12.2 Å². The topological polar surface area (TPSA) is 35.2 Å². The highest BCUT2D eigenvalue weighted by Gasteiger charge is 2.08. The predicted octanol–water partition coefficient (Wildman–Crippen LogP) is 4.04. The van der Waals surface area contributed by atoms with Gasteiger partial charge in [0.2, 0.25) is 0 Å². The van der Waals surface area contributed by atoms with Crippen LogP contribution in [0.15, 0.2) is 36.4 Å². The highest BCUT2D eigenvalue weighted by atomic mass is 32.1. The molecule has 0 radical (unpaired) electrons. The van der Waals surface area contributed by atoms with Crippen molar-refractivity contribution in [1.82, 2.24) is 0 Å². The van der Waals surface area contributed by atoms with Crippen LogP contribution in [0.5, 0.6) is 11.5 Å². The summed E-state index contributed by atoms with van der Waals surface area (Å²) in [4.78, 5) is 0.347. The number of nitrogens with two attached hydrogens (primary N) is 1. The minimum absolute atomic E-state index is 0.347. The SMILES string of the molecule is Cc1cc(C)cc(Oc2cc(C)ccc2C(N)=S)c1. The summed E-state index contributed by atoms with van der Waals surface area (Å²) in [7, 11) is 0. The lowest BCUT2D eigenvalue weighted by atomic mass is 10.1. The first-order chi connectivity index (χ1) is 8.95. The van der Waals surface area contributed by atoms with Gasteiger partial charge in [0.05, 0.1) is 5.56 Å². The molecule has 0 saturated heterocycles. The molecule has 2 nitrogen and oxygen atoms in total. The van der Waals surface area contributed by atoms with E-state index < -0.39 is 0 Å². The van der Waals surface area contributed by atoms with Gasteiger partial charge in [-0.05, 0) is 61.7 Å². The highest BCUT2D eigenvalue weighted by molar-refractivity contribution is 7.80. The summed E-state index contributed by atoms with van der Waals surface area (Å²) in [5, 5.41) is 0. The number of thiocarbonyl (C=S) groups is 1. The molecule has 0 spiro atoms. The smallest absolute Gasteiger partial charge is 0.137 e. The number of hydrogen-bond acceptors (Lipinski definition) is 2. The summed E-state index contributed by atoms with van der Waals surface area (Å²) in [6.45, 7) is 6.10. The molecule has 0 amide bonds. The average Bonchev–Trinajstić information content (AvgIpc) is 2.26. The zero-order valence-electron chi connectivity index (χ0n) is 11.4. The molecule has 0 aliphatic rings. The summed E-state index contributed by atoms with van der Waals surface area (Å²) in [6, 6.07) is 11.9. The Kier molecular flexibility index (Phi) is 3.86. The van der Waals surface area contributed by atoms with Crippen LogP contribution in [-0.4, -0.2) is 4.99 Å². The monoisotopic (exact) mass is 271 g/mol. The number of rotatable bonds is 3. The minimum atomic E-state index is 0.347. The van der Waals surface area contributed by atoms with E-state index in [9.17, 15) is 0 Å². The average molecular weight is 271 g/mol. The molecule has 0 aliphatic heterocycles. The van der Waals surface area contributed by atoms with Gasteiger partial charge in [-0.15, -0.1) is 0 Å². The summed E-state index contributed by atoms with van der Waals surface area (Å²) in [5.74, 6) is 1.51. The fourth-order valence-electron chi connectivity index (χ4n) is 2.04. The van der Waals surface area contributed by atoms with Crippen molar-refractivity contribution in [2.75, 3.05) is 0 Å². The van der Waals surface area contributed by atoms with Gasteiger partial charge < -0.3 is 10.5 Å². The van der Waals surface area contributed by atoms with E-state index in [0.717, 1.165) is 16.9 Å². The molecule has 2 N–H and O–H groups in total. The lowest BCUT2D eigenvalue weighted by Gasteiger charge is -2.12. The Labute approximate surface area is 119 Å². The number of hydrogen-bond donors (Lipinski definition) is 1. The van der Waals surface area contributed by atoms with Gasteiger partial charge in [0.25, 0.3) is 0 Å². The van der Waals surface area contributed by atoms with Crippen molar-refractivity contribution in [3.05, 3.63) is 58.7 Å². The van der Waals surface area contributed by atoms with Crippen LogP contribution in [0, 0.1) is 20.8 Å². The summed E-state index contributed by atoms with van der Waals surface area (Å²) in [6.07, 6.45) is 0. The summed E-state index contributed by atoms with van der Waals surface area (Å²) in [5.41, 5.74) is 9.94. The highest BCUT2D eigenvalue weighted by Crippen LogP contribution is 2.28. The van der Waals surface area contributed by atoms with Gasteiger partial charge in [0, 0.05) is 0 Å². The molecule has 3 heteroatoms. The van der Waals surface area contributed by atoms with Gasteiger partial charge in [-0.2, -0.15) is 0 Å². The maximum absolute atomic E-state index is 5.95. The van der Waals surface area contributed by atoms with Crippen molar-refractivity contribution in [2.24, 2.45) is 5.73 Å². The fraction of sp³-hybridized carbons (Fsp3) is 0.188. The van der Waals surface area contributed by atoms with Gasteiger partial charge >= 0.3 is 0 Å². The Hall–Kier alpha value is -1.87. The third kappa shape index (κ3) is 3.32. The lowest BCUT2D eigenvalue weighted by molar-refractivity contribution is 0.480. The number of benzene rings is 2. The van der Waals surface area contributed by atoms with E-state index in [1.807, 2.05) is 51.1 Å². The second-order valence-corrected chi connectivity index (χ2v) is 5.23. The molecule has 0 unspecified atom stereocenters. The van der Waals surface area contributed by atoms with E-state index in [2.05, 4.69) is 6.07 Å². The van der Waals surface area contributed by atoms with Gasteiger partial charge in [0.15, 0.2) is 0 Å². The maximum Gasteiger partial charge on any atom is 0.137 e. The van der Waals surface area contributed by atoms with Gasteiger partial charge in [-0.1, -0.05) is 24.4 Å². The van der Waals surface area contributed by atoms with Crippen LogP contribution in [0.3, 0.4) is 0 Å². The molecule has 2 aromatic rings. The van der Waals surface area contributed by atoms with Crippen LogP contribution in [0.1, 0.15) is 22.3 Å². The Morgan fingerprint density at radius 1 is 0.947 bits per heavy atom. The van der Waals surface area contributed by atoms with Crippen LogP contribution in [0.4, 0.5) is 0 Å². The largest absolute Gasteiger partial charge is 0.457 e.